The van der Waals surface area contributed by atoms with Crippen LogP contribution in [0.3, 0.4) is 0 Å². The van der Waals surface area contributed by atoms with Gasteiger partial charge in [0.25, 0.3) is 0 Å². The van der Waals surface area contributed by atoms with E-state index in [1.807, 2.05) is 18.2 Å². The Morgan fingerprint density at radius 1 is 1.24 bits per heavy atom. The van der Waals surface area contributed by atoms with E-state index in [4.69, 9.17) is 14.2 Å². The zero-order chi connectivity index (χ0) is 20.2. The molecule has 0 bridgehead atoms. The predicted octanol–water partition coefficient (Wildman–Crippen LogP) is 3.47. The Labute approximate surface area is 173 Å². The number of rotatable bonds is 6. The van der Waals surface area contributed by atoms with Crippen LogP contribution in [0.15, 0.2) is 29.6 Å². The fraction of sp³-hybridized carbons (Fsp3) is 0.429. The highest BCUT2D eigenvalue weighted by Crippen LogP contribution is 2.38. The van der Waals surface area contributed by atoms with E-state index in [1.54, 1.807) is 18.4 Å². The molecule has 0 unspecified atom stereocenters. The van der Waals surface area contributed by atoms with Crippen molar-refractivity contribution in [1.82, 2.24) is 4.90 Å². The molecule has 2 aliphatic rings. The first-order valence-corrected chi connectivity index (χ1v) is 10.7. The number of carbonyl (C=O) groups excluding carboxylic acids is 2. The van der Waals surface area contributed by atoms with Crippen molar-refractivity contribution in [1.29, 1.82) is 0 Å². The molecule has 0 saturated carbocycles. The van der Waals surface area contributed by atoms with Gasteiger partial charge in [0.05, 0.1) is 18.7 Å². The zero-order valence-corrected chi connectivity index (χ0v) is 17.1. The minimum atomic E-state index is -0.417. The van der Waals surface area contributed by atoms with Crippen LogP contribution in [0.4, 0.5) is 5.00 Å². The van der Waals surface area contributed by atoms with Crippen LogP contribution in [0.1, 0.15) is 41.7 Å². The maximum atomic E-state index is 12.7. The van der Waals surface area contributed by atoms with Gasteiger partial charge in [0.1, 0.15) is 18.2 Å². The molecule has 1 aromatic carbocycles. The highest BCUT2D eigenvalue weighted by Gasteiger charge is 2.29. The molecule has 29 heavy (non-hydrogen) atoms. The van der Waals surface area contributed by atoms with E-state index in [2.05, 4.69) is 10.2 Å². The third kappa shape index (κ3) is 4.38. The van der Waals surface area contributed by atoms with Crippen LogP contribution in [0, 0.1) is 0 Å². The van der Waals surface area contributed by atoms with Gasteiger partial charge < -0.3 is 19.5 Å². The molecule has 1 saturated heterocycles. The summed E-state index contributed by atoms with van der Waals surface area (Å²) in [6, 6.07) is 7.84. The molecule has 0 radical (unpaired) electrons. The SMILES string of the molecule is CCOC(=O)c1ccsc1NC(=O)CN1CCC[C@@H]1c1ccc2c(c1)OCCO2. The van der Waals surface area contributed by atoms with E-state index < -0.39 is 5.97 Å². The highest BCUT2D eigenvalue weighted by atomic mass is 32.1. The number of hydrogen-bond donors (Lipinski definition) is 1. The maximum Gasteiger partial charge on any atom is 0.341 e. The van der Waals surface area contributed by atoms with Crippen molar-refractivity contribution in [2.75, 3.05) is 38.2 Å². The van der Waals surface area contributed by atoms with Gasteiger partial charge in [-0.05, 0) is 55.5 Å². The largest absolute Gasteiger partial charge is 0.486 e. The fourth-order valence-corrected chi connectivity index (χ4v) is 4.58. The molecule has 1 atom stereocenters. The van der Waals surface area contributed by atoms with Crippen molar-refractivity contribution in [3.05, 3.63) is 40.8 Å². The van der Waals surface area contributed by atoms with E-state index in [9.17, 15) is 9.59 Å². The average molecular weight is 416 g/mol. The van der Waals surface area contributed by atoms with Crippen LogP contribution in [0.25, 0.3) is 0 Å². The lowest BCUT2D eigenvalue weighted by Crippen LogP contribution is -2.33. The third-order valence-electron chi connectivity index (χ3n) is 5.07. The Kier molecular flexibility index (Phi) is 6.01. The molecular formula is C21H24N2O5S. The molecule has 2 aliphatic heterocycles. The van der Waals surface area contributed by atoms with Crippen molar-refractivity contribution < 1.29 is 23.8 Å². The zero-order valence-electron chi connectivity index (χ0n) is 16.3. The Morgan fingerprint density at radius 3 is 2.90 bits per heavy atom. The second kappa shape index (κ2) is 8.84. The normalized spacial score (nSPS) is 18.4. The molecule has 7 nitrogen and oxygen atoms in total. The standard InChI is InChI=1S/C21H24N2O5S/c1-2-26-21(25)15-7-11-29-20(15)22-19(24)13-23-8-3-4-16(23)14-5-6-17-18(12-14)28-10-9-27-17/h5-7,11-12,16H,2-4,8-10,13H2,1H3,(H,22,24)/t16-/m1/s1. The van der Waals surface area contributed by atoms with Gasteiger partial charge in [0.2, 0.25) is 5.91 Å². The summed E-state index contributed by atoms with van der Waals surface area (Å²) < 4.78 is 16.3. The van der Waals surface area contributed by atoms with E-state index >= 15 is 0 Å². The van der Waals surface area contributed by atoms with Gasteiger partial charge in [-0.1, -0.05) is 6.07 Å². The average Bonchev–Trinajstić information content (AvgIpc) is 3.37. The maximum absolute atomic E-state index is 12.7. The number of hydrogen-bond acceptors (Lipinski definition) is 7. The quantitative estimate of drug-likeness (QED) is 0.727. The number of benzene rings is 1. The van der Waals surface area contributed by atoms with Gasteiger partial charge in [0, 0.05) is 6.04 Å². The molecule has 4 rings (SSSR count). The van der Waals surface area contributed by atoms with Crippen molar-refractivity contribution in [2.45, 2.75) is 25.8 Å². The molecule has 0 aliphatic carbocycles. The molecule has 0 spiro atoms. The molecule has 1 amide bonds. The van der Waals surface area contributed by atoms with E-state index in [0.717, 1.165) is 36.4 Å². The number of nitrogens with one attached hydrogen (secondary N) is 1. The number of anilines is 1. The first kappa shape index (κ1) is 19.7. The van der Waals surface area contributed by atoms with Crippen molar-refractivity contribution in [3.63, 3.8) is 0 Å². The molecule has 3 heterocycles. The van der Waals surface area contributed by atoms with Crippen LogP contribution >= 0.6 is 11.3 Å². The number of ether oxygens (including phenoxy) is 3. The van der Waals surface area contributed by atoms with Crippen molar-refractivity contribution in [2.24, 2.45) is 0 Å². The molecular weight excluding hydrogens is 392 g/mol. The lowest BCUT2D eigenvalue weighted by atomic mass is 10.0. The van der Waals surface area contributed by atoms with Crippen LogP contribution in [0.2, 0.25) is 0 Å². The Morgan fingerprint density at radius 2 is 2.07 bits per heavy atom. The van der Waals surface area contributed by atoms with E-state index in [-0.39, 0.29) is 18.5 Å². The molecule has 154 valence electrons. The summed E-state index contributed by atoms with van der Waals surface area (Å²) in [4.78, 5) is 26.8. The molecule has 1 fully saturated rings. The number of amides is 1. The summed E-state index contributed by atoms with van der Waals surface area (Å²) in [5, 5.41) is 5.18. The van der Waals surface area contributed by atoms with Crippen LogP contribution in [-0.4, -0.2) is 49.7 Å². The minimum Gasteiger partial charge on any atom is -0.486 e. The van der Waals surface area contributed by atoms with Gasteiger partial charge in [-0.15, -0.1) is 11.3 Å². The van der Waals surface area contributed by atoms with Crippen LogP contribution in [0.5, 0.6) is 11.5 Å². The number of thiophene rings is 1. The lowest BCUT2D eigenvalue weighted by Gasteiger charge is -2.26. The minimum absolute atomic E-state index is 0.137. The van der Waals surface area contributed by atoms with Gasteiger partial charge in [0.15, 0.2) is 11.5 Å². The summed E-state index contributed by atoms with van der Waals surface area (Å²) in [5.74, 6) is 0.982. The summed E-state index contributed by atoms with van der Waals surface area (Å²) in [7, 11) is 0. The molecule has 2 aromatic rings. The molecule has 8 heteroatoms. The van der Waals surface area contributed by atoms with Crippen LogP contribution < -0.4 is 14.8 Å². The highest BCUT2D eigenvalue weighted by molar-refractivity contribution is 7.14. The molecule has 1 N–H and O–H groups in total. The summed E-state index contributed by atoms with van der Waals surface area (Å²) in [5.41, 5.74) is 1.53. The van der Waals surface area contributed by atoms with Gasteiger partial charge >= 0.3 is 5.97 Å². The predicted molar refractivity (Wildman–Crippen MR) is 110 cm³/mol. The number of carbonyl (C=O) groups is 2. The van der Waals surface area contributed by atoms with Crippen molar-refractivity contribution >= 4 is 28.2 Å². The van der Waals surface area contributed by atoms with Gasteiger partial charge in [-0.25, -0.2) is 4.79 Å². The molecule has 1 aromatic heterocycles. The van der Waals surface area contributed by atoms with Gasteiger partial charge in [-0.3, -0.25) is 9.69 Å². The summed E-state index contributed by atoms with van der Waals surface area (Å²) in [6.45, 7) is 4.29. The van der Waals surface area contributed by atoms with E-state index in [0.29, 0.717) is 30.4 Å². The second-order valence-corrected chi connectivity index (χ2v) is 7.88. The number of fused-ring (bicyclic) bond motifs is 1. The summed E-state index contributed by atoms with van der Waals surface area (Å²) >= 11 is 1.32. The van der Waals surface area contributed by atoms with E-state index in [1.165, 1.54) is 11.3 Å². The Hall–Kier alpha value is -2.58. The second-order valence-electron chi connectivity index (χ2n) is 6.96. The number of nitrogens with zero attached hydrogens (tertiary/aromatic N) is 1. The van der Waals surface area contributed by atoms with Crippen LogP contribution in [-0.2, 0) is 9.53 Å². The number of esters is 1. The number of likely N-dealkylation sites (tertiary alicyclic amines) is 1. The third-order valence-corrected chi connectivity index (χ3v) is 5.90. The monoisotopic (exact) mass is 416 g/mol. The van der Waals surface area contributed by atoms with Gasteiger partial charge in [-0.2, -0.15) is 0 Å². The Balaban J connectivity index is 1.42. The Bertz CT molecular complexity index is 897. The fourth-order valence-electron chi connectivity index (χ4n) is 3.79. The first-order valence-electron chi connectivity index (χ1n) is 9.83. The lowest BCUT2D eigenvalue weighted by molar-refractivity contribution is -0.117. The van der Waals surface area contributed by atoms with Crippen molar-refractivity contribution in [3.8, 4) is 11.5 Å². The smallest absolute Gasteiger partial charge is 0.341 e. The first-order chi connectivity index (χ1) is 14.2. The topological polar surface area (TPSA) is 77.1 Å². The summed E-state index contributed by atoms with van der Waals surface area (Å²) in [6.07, 6.45) is 2.01.